The van der Waals surface area contributed by atoms with Crippen LogP contribution < -0.4 is 4.72 Å². The molecule has 0 radical (unpaired) electrons. The molecule has 1 aliphatic rings. The van der Waals surface area contributed by atoms with Gasteiger partial charge >= 0.3 is 6.09 Å². The maximum atomic E-state index is 11.7. The molecule has 0 aromatic rings. The minimum Gasteiger partial charge on any atom is -0.465 e. The van der Waals surface area contributed by atoms with Crippen LogP contribution in [0.3, 0.4) is 0 Å². The lowest BCUT2D eigenvalue weighted by Gasteiger charge is -2.42. The fourth-order valence-corrected chi connectivity index (χ4v) is 3.46. The summed E-state index contributed by atoms with van der Waals surface area (Å²) in [5, 5.41) is 9.37. The Morgan fingerprint density at radius 3 is 2.40 bits per heavy atom. The number of hydrogen-bond acceptors (Lipinski definition) is 3. The molecule has 1 fully saturated rings. The molecule has 0 spiro atoms. The average molecular weight is 302 g/mol. The van der Waals surface area contributed by atoms with Gasteiger partial charge in [-0.15, -0.1) is 6.42 Å². The van der Waals surface area contributed by atoms with Gasteiger partial charge in [-0.2, -0.15) is 0 Å². The van der Waals surface area contributed by atoms with Crippen LogP contribution in [0.2, 0.25) is 0 Å². The first-order chi connectivity index (χ1) is 8.99. The molecule has 0 unspecified atom stereocenters. The number of carbonyl (C=O) groups is 1. The highest BCUT2D eigenvalue weighted by Crippen LogP contribution is 2.43. The first-order valence-corrected chi connectivity index (χ1v) is 8.12. The van der Waals surface area contributed by atoms with E-state index in [0.29, 0.717) is 0 Å². The van der Waals surface area contributed by atoms with Crippen LogP contribution in [0.15, 0.2) is 0 Å². The van der Waals surface area contributed by atoms with Gasteiger partial charge in [-0.05, 0) is 12.3 Å². The fourth-order valence-electron chi connectivity index (χ4n) is 2.63. The monoisotopic (exact) mass is 302 g/mol. The third-order valence-electron chi connectivity index (χ3n) is 3.84. The molecule has 20 heavy (non-hydrogen) atoms. The Hall–Kier alpha value is -1.26. The van der Waals surface area contributed by atoms with Crippen LogP contribution in [-0.2, 0) is 10.0 Å². The maximum absolute atomic E-state index is 11.7. The summed E-state index contributed by atoms with van der Waals surface area (Å²) in [6, 6.07) is -0.494. The third kappa shape index (κ3) is 2.91. The molecule has 1 rings (SSSR count). The Labute approximate surface area is 120 Å². The van der Waals surface area contributed by atoms with Crippen LogP contribution in [0.25, 0.3) is 0 Å². The van der Waals surface area contributed by atoms with E-state index >= 15 is 0 Å². The minimum absolute atomic E-state index is 0.0465. The Kier molecular flexibility index (Phi) is 4.42. The number of rotatable bonds is 3. The van der Waals surface area contributed by atoms with Crippen molar-refractivity contribution in [3.8, 4) is 12.3 Å². The van der Waals surface area contributed by atoms with Crippen molar-refractivity contribution in [2.24, 2.45) is 5.41 Å². The summed E-state index contributed by atoms with van der Waals surface area (Å²) in [7, 11) is -3.39. The zero-order valence-electron chi connectivity index (χ0n) is 12.3. The molecule has 0 aromatic carbocycles. The van der Waals surface area contributed by atoms with Crippen LogP contribution in [0.5, 0.6) is 0 Å². The highest BCUT2D eigenvalue weighted by atomic mass is 32.2. The molecular formula is C13H22N2O4S. The Bertz CT molecular complexity index is 530. The Morgan fingerprint density at radius 2 is 2.10 bits per heavy atom. The van der Waals surface area contributed by atoms with Crippen molar-refractivity contribution >= 4 is 16.1 Å². The van der Waals surface area contributed by atoms with Crippen molar-refractivity contribution in [2.75, 3.05) is 12.3 Å². The third-order valence-corrected chi connectivity index (χ3v) is 5.29. The van der Waals surface area contributed by atoms with Crippen molar-refractivity contribution in [3.63, 3.8) is 0 Å². The van der Waals surface area contributed by atoms with Crippen LogP contribution in [0, 0.1) is 17.8 Å². The Morgan fingerprint density at radius 1 is 1.55 bits per heavy atom. The van der Waals surface area contributed by atoms with Crippen molar-refractivity contribution in [3.05, 3.63) is 0 Å². The van der Waals surface area contributed by atoms with Crippen LogP contribution in [0.4, 0.5) is 4.79 Å². The van der Waals surface area contributed by atoms with E-state index in [4.69, 9.17) is 6.42 Å². The standard InChI is InChI=1S/C13H22N2O4S/c1-6-13(12(3,4)5)8-10(9-15(13)11(16)17)14-20(18,19)7-2/h1,10,14H,7-9H2,2-5H3,(H,16,17)/t10-,13-/m1/s1. The average Bonchev–Trinajstić information content (AvgIpc) is 2.68. The summed E-state index contributed by atoms with van der Waals surface area (Å²) < 4.78 is 25.8. The molecule has 7 heteroatoms. The SMILES string of the molecule is C#C[C@]1(C(C)(C)C)C[C@@H](NS(=O)(=O)CC)CN1C(=O)O. The molecule has 0 aromatic heterocycles. The van der Waals surface area contributed by atoms with Crippen LogP contribution >= 0.6 is 0 Å². The Balaban J connectivity index is 3.14. The molecular weight excluding hydrogens is 280 g/mol. The molecule has 114 valence electrons. The van der Waals surface area contributed by atoms with E-state index in [9.17, 15) is 18.3 Å². The lowest BCUT2D eigenvalue weighted by molar-refractivity contribution is 0.0703. The van der Waals surface area contributed by atoms with E-state index in [1.165, 1.54) is 11.8 Å². The number of amides is 1. The molecule has 0 aliphatic carbocycles. The van der Waals surface area contributed by atoms with E-state index in [0.717, 1.165) is 0 Å². The summed E-state index contributed by atoms with van der Waals surface area (Å²) in [4.78, 5) is 12.6. The van der Waals surface area contributed by atoms with Crippen molar-refractivity contribution in [1.29, 1.82) is 0 Å². The molecule has 1 saturated heterocycles. The zero-order valence-corrected chi connectivity index (χ0v) is 13.1. The number of nitrogens with zero attached hydrogens (tertiary/aromatic N) is 1. The van der Waals surface area contributed by atoms with Gasteiger partial charge < -0.3 is 5.11 Å². The van der Waals surface area contributed by atoms with Gasteiger partial charge in [-0.25, -0.2) is 17.9 Å². The van der Waals surface area contributed by atoms with Crippen LogP contribution in [0.1, 0.15) is 34.1 Å². The highest BCUT2D eigenvalue weighted by Gasteiger charge is 2.54. The highest BCUT2D eigenvalue weighted by molar-refractivity contribution is 7.89. The van der Waals surface area contributed by atoms with Gasteiger partial charge in [0.1, 0.15) is 5.54 Å². The number of carboxylic acid groups (broad SMARTS) is 1. The lowest BCUT2D eigenvalue weighted by atomic mass is 9.72. The largest absolute Gasteiger partial charge is 0.465 e. The summed E-state index contributed by atoms with van der Waals surface area (Å²) in [6.07, 6.45) is 4.76. The van der Waals surface area contributed by atoms with Gasteiger partial charge in [0.2, 0.25) is 10.0 Å². The molecule has 1 aliphatic heterocycles. The summed E-state index contributed by atoms with van der Waals surface area (Å²) in [6.45, 7) is 7.18. The second-order valence-corrected chi connectivity index (χ2v) is 8.11. The van der Waals surface area contributed by atoms with Crippen molar-refractivity contribution in [1.82, 2.24) is 9.62 Å². The minimum atomic E-state index is -3.39. The van der Waals surface area contributed by atoms with Crippen molar-refractivity contribution < 1.29 is 18.3 Å². The van der Waals surface area contributed by atoms with Gasteiger partial charge in [0.25, 0.3) is 0 Å². The number of hydrogen-bond donors (Lipinski definition) is 2. The summed E-state index contributed by atoms with van der Waals surface area (Å²) >= 11 is 0. The molecule has 2 N–H and O–H groups in total. The number of sulfonamides is 1. The maximum Gasteiger partial charge on any atom is 0.408 e. The quantitative estimate of drug-likeness (QED) is 0.764. The second kappa shape index (κ2) is 5.26. The van der Waals surface area contributed by atoms with E-state index in [-0.39, 0.29) is 18.7 Å². The smallest absolute Gasteiger partial charge is 0.408 e. The van der Waals surface area contributed by atoms with Gasteiger partial charge in [-0.1, -0.05) is 26.7 Å². The summed E-state index contributed by atoms with van der Waals surface area (Å²) in [5.74, 6) is 2.55. The predicted octanol–water partition coefficient (Wildman–Crippen LogP) is 1.10. The molecule has 2 atom stereocenters. The first kappa shape index (κ1) is 16.8. The fraction of sp³-hybridized carbons (Fsp3) is 0.769. The van der Waals surface area contributed by atoms with E-state index in [1.807, 2.05) is 20.8 Å². The lowest BCUT2D eigenvalue weighted by Crippen LogP contribution is -2.54. The normalized spacial score (nSPS) is 27.4. The van der Waals surface area contributed by atoms with Crippen molar-refractivity contribution in [2.45, 2.75) is 45.7 Å². The van der Waals surface area contributed by atoms with Gasteiger partial charge in [0.15, 0.2) is 0 Å². The zero-order chi connectivity index (χ0) is 15.8. The summed E-state index contributed by atoms with van der Waals surface area (Å²) in [5.41, 5.74) is -1.51. The second-order valence-electron chi connectivity index (χ2n) is 6.07. The van der Waals surface area contributed by atoms with E-state index < -0.39 is 33.1 Å². The van der Waals surface area contributed by atoms with Gasteiger partial charge in [-0.3, -0.25) is 4.90 Å². The van der Waals surface area contributed by atoms with E-state index in [2.05, 4.69) is 10.6 Å². The number of nitrogens with one attached hydrogen (secondary N) is 1. The molecule has 6 nitrogen and oxygen atoms in total. The van der Waals surface area contributed by atoms with Gasteiger partial charge in [0, 0.05) is 19.0 Å². The molecule has 1 heterocycles. The molecule has 0 saturated carbocycles. The molecule has 0 bridgehead atoms. The predicted molar refractivity (Wildman–Crippen MR) is 76.8 cm³/mol. The van der Waals surface area contributed by atoms with Gasteiger partial charge in [0.05, 0.1) is 5.75 Å². The first-order valence-electron chi connectivity index (χ1n) is 6.47. The van der Waals surface area contributed by atoms with E-state index in [1.54, 1.807) is 0 Å². The molecule has 1 amide bonds. The topological polar surface area (TPSA) is 86.7 Å². The van der Waals surface area contributed by atoms with Crippen LogP contribution in [-0.4, -0.2) is 48.4 Å². The number of terminal acetylenes is 1. The number of likely N-dealkylation sites (tertiary alicyclic amines) is 1.